The molecule has 11 heteroatoms. The van der Waals surface area contributed by atoms with Crippen LogP contribution in [-0.2, 0) is 25.5 Å². The van der Waals surface area contributed by atoms with E-state index in [0.29, 0.717) is 31.1 Å². The second kappa shape index (κ2) is 18.5. The van der Waals surface area contributed by atoms with Gasteiger partial charge in [-0.15, -0.1) is 0 Å². The maximum Gasteiger partial charge on any atom is 0.240 e. The lowest BCUT2D eigenvalue weighted by molar-refractivity contribution is -0.132. The molecule has 5 atom stereocenters. The second-order valence-corrected chi connectivity index (χ2v) is 11.4. The van der Waals surface area contributed by atoms with E-state index in [1.165, 1.54) is 0 Å². The minimum Gasteiger partial charge on any atom is -0.493 e. The molecule has 0 heterocycles. The van der Waals surface area contributed by atoms with E-state index in [1.54, 1.807) is 14.2 Å². The van der Waals surface area contributed by atoms with Crippen molar-refractivity contribution in [2.45, 2.75) is 84.4 Å². The Bertz CT molecular complexity index is 957. The molecule has 0 saturated heterocycles. The number of aliphatic hydroxyl groups is 1. The fourth-order valence-electron chi connectivity index (χ4n) is 4.71. The Kier molecular flexibility index (Phi) is 16.3. The molecule has 8 N–H and O–H groups in total. The van der Waals surface area contributed by atoms with Crippen LogP contribution in [0.25, 0.3) is 0 Å². The number of primary amides is 2. The van der Waals surface area contributed by atoms with Crippen LogP contribution < -0.4 is 32.0 Å². The van der Waals surface area contributed by atoms with Crippen LogP contribution in [0.15, 0.2) is 18.2 Å². The Morgan fingerprint density at radius 2 is 1.66 bits per heavy atom. The van der Waals surface area contributed by atoms with Gasteiger partial charge < -0.3 is 41.8 Å². The minimum absolute atomic E-state index is 0.0185. The molecule has 0 saturated carbocycles. The zero-order chi connectivity index (χ0) is 31.1. The Balaban J connectivity index is 2.90. The van der Waals surface area contributed by atoms with E-state index >= 15 is 0 Å². The first-order chi connectivity index (χ1) is 19.3. The number of ether oxygens (including phenoxy) is 3. The highest BCUT2D eigenvalue weighted by atomic mass is 16.5. The molecule has 0 aliphatic carbocycles. The molecule has 0 aromatic heterocycles. The number of nitrogens with two attached hydrogens (primary N) is 3. The molecule has 1 aromatic rings. The summed E-state index contributed by atoms with van der Waals surface area (Å²) in [5.41, 5.74) is 18.1. The van der Waals surface area contributed by atoms with Crippen molar-refractivity contribution < 1.29 is 33.7 Å². The molecule has 0 fully saturated rings. The standard InChI is InChI=1S/C30H52N4O7/c1-18(2)21(14-20-8-10-26(40-6)27(15-20)41-13-7-12-39-5)16-23(31)25(35)17-22(19(3)4)30(38)34-24(29(33)37)9-11-28(32)36/h8,10,15,18-19,21-25,35H,7,9,11-14,16-17,31H2,1-6H3,(H2,32,36)(H2,33,37)(H,34,38)/t21-,22-,23-,24-,25-/m0/s1. The van der Waals surface area contributed by atoms with Gasteiger partial charge in [0, 0.05) is 38.5 Å². The maximum atomic E-state index is 13.1. The number of carbonyl (C=O) groups is 3. The summed E-state index contributed by atoms with van der Waals surface area (Å²) < 4.78 is 16.5. The largest absolute Gasteiger partial charge is 0.493 e. The summed E-state index contributed by atoms with van der Waals surface area (Å²) in [5.74, 6) is -0.729. The van der Waals surface area contributed by atoms with Crippen molar-refractivity contribution >= 4 is 17.7 Å². The fraction of sp³-hybridized carbons (Fsp3) is 0.700. The number of hydrogen-bond donors (Lipinski definition) is 5. The summed E-state index contributed by atoms with van der Waals surface area (Å²) in [6.07, 6.45) is 1.15. The molecule has 234 valence electrons. The third kappa shape index (κ3) is 13.1. The van der Waals surface area contributed by atoms with Crippen LogP contribution in [0.4, 0.5) is 0 Å². The lowest BCUT2D eigenvalue weighted by atomic mass is 9.80. The zero-order valence-corrected chi connectivity index (χ0v) is 25.6. The van der Waals surface area contributed by atoms with Gasteiger partial charge in [0.25, 0.3) is 0 Å². The van der Waals surface area contributed by atoms with Gasteiger partial charge in [0.05, 0.1) is 19.8 Å². The van der Waals surface area contributed by atoms with Gasteiger partial charge in [0.2, 0.25) is 17.7 Å². The molecule has 1 rings (SSSR count). The van der Waals surface area contributed by atoms with Crippen molar-refractivity contribution in [3.63, 3.8) is 0 Å². The van der Waals surface area contributed by atoms with Gasteiger partial charge in [-0.25, -0.2) is 0 Å². The summed E-state index contributed by atoms with van der Waals surface area (Å²) in [4.78, 5) is 36.0. The number of amides is 3. The molecular formula is C30H52N4O7. The predicted molar refractivity (Wildman–Crippen MR) is 158 cm³/mol. The van der Waals surface area contributed by atoms with Crippen molar-refractivity contribution in [1.82, 2.24) is 5.32 Å². The number of carbonyl (C=O) groups excluding carboxylic acids is 3. The average Bonchev–Trinajstić information content (AvgIpc) is 2.90. The lowest BCUT2D eigenvalue weighted by Gasteiger charge is -2.30. The van der Waals surface area contributed by atoms with Crippen molar-refractivity contribution in [3.05, 3.63) is 23.8 Å². The van der Waals surface area contributed by atoms with E-state index in [4.69, 9.17) is 31.4 Å². The predicted octanol–water partition coefficient (Wildman–Crippen LogP) is 1.90. The molecule has 0 spiro atoms. The summed E-state index contributed by atoms with van der Waals surface area (Å²) >= 11 is 0. The minimum atomic E-state index is -1.02. The molecule has 3 amide bonds. The maximum absolute atomic E-state index is 13.1. The van der Waals surface area contributed by atoms with Crippen LogP contribution in [0.3, 0.4) is 0 Å². The summed E-state index contributed by atoms with van der Waals surface area (Å²) in [6, 6.07) is 4.29. The highest BCUT2D eigenvalue weighted by Gasteiger charge is 2.31. The summed E-state index contributed by atoms with van der Waals surface area (Å²) in [7, 11) is 3.26. The Morgan fingerprint density at radius 3 is 2.20 bits per heavy atom. The highest BCUT2D eigenvalue weighted by Crippen LogP contribution is 2.31. The third-order valence-corrected chi connectivity index (χ3v) is 7.46. The summed E-state index contributed by atoms with van der Waals surface area (Å²) in [6.45, 7) is 9.08. The van der Waals surface area contributed by atoms with Crippen molar-refractivity contribution in [1.29, 1.82) is 0 Å². The Morgan fingerprint density at radius 1 is 0.976 bits per heavy atom. The Labute approximate surface area is 244 Å². The molecular weight excluding hydrogens is 528 g/mol. The fourth-order valence-corrected chi connectivity index (χ4v) is 4.71. The number of methoxy groups -OCH3 is 2. The van der Waals surface area contributed by atoms with Crippen LogP contribution in [-0.4, -0.2) is 68.4 Å². The average molecular weight is 581 g/mol. The SMILES string of the molecule is COCCCOc1cc(C[C@@H](C[C@H](N)[C@@H](O)C[C@H](C(=O)N[C@@H](CCC(N)=O)C(N)=O)C(C)C)C(C)C)ccc1OC. The second-order valence-electron chi connectivity index (χ2n) is 11.4. The van der Waals surface area contributed by atoms with E-state index in [1.807, 2.05) is 32.0 Å². The van der Waals surface area contributed by atoms with Gasteiger partial charge >= 0.3 is 0 Å². The smallest absolute Gasteiger partial charge is 0.240 e. The van der Waals surface area contributed by atoms with Gasteiger partial charge in [0.15, 0.2) is 11.5 Å². The molecule has 0 unspecified atom stereocenters. The molecule has 0 radical (unpaired) electrons. The number of hydrogen-bond acceptors (Lipinski definition) is 8. The van der Waals surface area contributed by atoms with Crippen LogP contribution >= 0.6 is 0 Å². The zero-order valence-electron chi connectivity index (χ0n) is 25.6. The van der Waals surface area contributed by atoms with Crippen LogP contribution in [0, 0.1) is 23.7 Å². The van der Waals surface area contributed by atoms with Crippen molar-refractivity contribution in [3.8, 4) is 11.5 Å². The van der Waals surface area contributed by atoms with E-state index in [0.717, 1.165) is 18.4 Å². The topological polar surface area (TPSA) is 189 Å². The molecule has 0 aliphatic heterocycles. The van der Waals surface area contributed by atoms with E-state index < -0.39 is 41.8 Å². The Hall–Kier alpha value is -2.89. The molecule has 0 aliphatic rings. The lowest BCUT2D eigenvalue weighted by Crippen LogP contribution is -2.49. The first-order valence-electron chi connectivity index (χ1n) is 14.4. The van der Waals surface area contributed by atoms with Gasteiger partial charge in [-0.05, 0) is 61.1 Å². The number of aliphatic hydroxyl groups excluding tert-OH is 1. The van der Waals surface area contributed by atoms with Crippen molar-refractivity contribution in [2.24, 2.45) is 40.9 Å². The number of rotatable bonds is 21. The van der Waals surface area contributed by atoms with Gasteiger partial charge in [-0.2, -0.15) is 0 Å². The molecule has 0 bridgehead atoms. The quantitative estimate of drug-likeness (QED) is 0.136. The highest BCUT2D eigenvalue weighted by molar-refractivity contribution is 5.88. The third-order valence-electron chi connectivity index (χ3n) is 7.46. The molecule has 11 nitrogen and oxygen atoms in total. The number of nitrogens with one attached hydrogen (secondary N) is 1. The normalized spacial score (nSPS) is 15.2. The van der Waals surface area contributed by atoms with Crippen LogP contribution in [0.5, 0.6) is 11.5 Å². The van der Waals surface area contributed by atoms with E-state index in [2.05, 4.69) is 19.2 Å². The number of benzene rings is 1. The van der Waals surface area contributed by atoms with Crippen LogP contribution in [0.1, 0.15) is 65.4 Å². The van der Waals surface area contributed by atoms with Crippen molar-refractivity contribution in [2.75, 3.05) is 27.4 Å². The van der Waals surface area contributed by atoms with E-state index in [-0.39, 0.29) is 37.0 Å². The first-order valence-corrected chi connectivity index (χ1v) is 14.4. The first kappa shape index (κ1) is 36.1. The molecule has 41 heavy (non-hydrogen) atoms. The molecule has 1 aromatic carbocycles. The van der Waals surface area contributed by atoms with Gasteiger partial charge in [-0.3, -0.25) is 14.4 Å². The van der Waals surface area contributed by atoms with Gasteiger partial charge in [0.1, 0.15) is 6.04 Å². The van der Waals surface area contributed by atoms with Gasteiger partial charge in [-0.1, -0.05) is 33.8 Å². The summed E-state index contributed by atoms with van der Waals surface area (Å²) in [5, 5.41) is 13.7. The van der Waals surface area contributed by atoms with E-state index in [9.17, 15) is 19.5 Å². The monoisotopic (exact) mass is 580 g/mol. The van der Waals surface area contributed by atoms with Crippen LogP contribution in [0.2, 0.25) is 0 Å².